The molecule has 1 N–H and O–H groups in total. The van der Waals surface area contributed by atoms with Crippen molar-refractivity contribution >= 4 is 17.3 Å². The maximum Gasteiger partial charge on any atom is 0.255 e. The van der Waals surface area contributed by atoms with Crippen LogP contribution in [-0.2, 0) is 4.74 Å². The SMILES string of the molecule is CCCOc1ccc(C(=O)Nc2ccc(N3CCOCC3)cc2C)cc1OCC. The summed E-state index contributed by atoms with van der Waals surface area (Å²) in [6.07, 6.45) is 0.910. The molecule has 2 aromatic rings. The second-order valence-corrected chi connectivity index (χ2v) is 7.00. The number of nitrogens with zero attached hydrogens (tertiary/aromatic N) is 1. The van der Waals surface area contributed by atoms with Gasteiger partial charge in [-0.1, -0.05) is 6.92 Å². The van der Waals surface area contributed by atoms with E-state index in [1.165, 1.54) is 0 Å². The molecule has 0 spiro atoms. The van der Waals surface area contributed by atoms with E-state index in [1.807, 2.05) is 26.0 Å². The molecule has 1 aliphatic heterocycles. The van der Waals surface area contributed by atoms with Crippen LogP contribution in [0.25, 0.3) is 0 Å². The van der Waals surface area contributed by atoms with Crippen LogP contribution in [0, 0.1) is 6.92 Å². The molecule has 0 unspecified atom stereocenters. The molecule has 156 valence electrons. The standard InChI is InChI=1S/C23H30N2O4/c1-4-12-29-21-9-6-18(16-22(21)28-5-2)23(26)24-20-8-7-19(15-17(20)3)25-10-13-27-14-11-25/h6-9,15-16H,4-5,10-14H2,1-3H3,(H,24,26). The topological polar surface area (TPSA) is 60.0 Å². The molecule has 1 amide bonds. The Hall–Kier alpha value is -2.73. The molecule has 6 nitrogen and oxygen atoms in total. The van der Waals surface area contributed by atoms with Gasteiger partial charge >= 0.3 is 0 Å². The number of morpholine rings is 1. The number of nitrogens with one attached hydrogen (secondary N) is 1. The Morgan fingerprint density at radius 3 is 2.55 bits per heavy atom. The Kier molecular flexibility index (Phi) is 7.36. The average Bonchev–Trinajstić information content (AvgIpc) is 2.75. The summed E-state index contributed by atoms with van der Waals surface area (Å²) in [5.41, 5.74) is 3.51. The lowest BCUT2D eigenvalue weighted by atomic mass is 10.1. The van der Waals surface area contributed by atoms with Crippen LogP contribution in [0.4, 0.5) is 11.4 Å². The summed E-state index contributed by atoms with van der Waals surface area (Å²) in [7, 11) is 0. The second-order valence-electron chi connectivity index (χ2n) is 7.00. The molecular weight excluding hydrogens is 368 g/mol. The molecular formula is C23H30N2O4. The first-order valence-electron chi connectivity index (χ1n) is 10.3. The van der Waals surface area contributed by atoms with E-state index in [4.69, 9.17) is 14.2 Å². The molecule has 0 saturated carbocycles. The van der Waals surface area contributed by atoms with Gasteiger partial charge < -0.3 is 24.4 Å². The first kappa shape index (κ1) is 21.0. The van der Waals surface area contributed by atoms with Gasteiger partial charge in [0, 0.05) is 30.0 Å². The molecule has 0 aromatic heterocycles. The van der Waals surface area contributed by atoms with Gasteiger partial charge in [0.05, 0.1) is 26.4 Å². The number of ether oxygens (including phenoxy) is 3. The summed E-state index contributed by atoms with van der Waals surface area (Å²) in [6, 6.07) is 11.4. The minimum atomic E-state index is -0.171. The van der Waals surface area contributed by atoms with Crippen molar-refractivity contribution in [2.75, 3.05) is 49.7 Å². The molecule has 6 heteroatoms. The summed E-state index contributed by atoms with van der Waals surface area (Å²) < 4.78 is 16.8. The average molecular weight is 399 g/mol. The van der Waals surface area contributed by atoms with Gasteiger partial charge in [-0.3, -0.25) is 4.79 Å². The van der Waals surface area contributed by atoms with Crippen LogP contribution in [0.3, 0.4) is 0 Å². The van der Waals surface area contributed by atoms with E-state index < -0.39 is 0 Å². The number of benzene rings is 2. The molecule has 1 fully saturated rings. The van der Waals surface area contributed by atoms with Gasteiger partial charge in [0.2, 0.25) is 0 Å². The summed E-state index contributed by atoms with van der Waals surface area (Å²) in [4.78, 5) is 15.1. The highest BCUT2D eigenvalue weighted by atomic mass is 16.5. The normalized spacial score (nSPS) is 13.8. The van der Waals surface area contributed by atoms with E-state index in [1.54, 1.807) is 18.2 Å². The molecule has 2 aromatic carbocycles. The van der Waals surface area contributed by atoms with E-state index in [0.29, 0.717) is 30.3 Å². The van der Waals surface area contributed by atoms with E-state index in [2.05, 4.69) is 23.2 Å². The monoisotopic (exact) mass is 398 g/mol. The third kappa shape index (κ3) is 5.41. The Morgan fingerprint density at radius 1 is 1.07 bits per heavy atom. The van der Waals surface area contributed by atoms with Gasteiger partial charge in [0.1, 0.15) is 0 Å². The maximum atomic E-state index is 12.8. The third-order valence-electron chi connectivity index (χ3n) is 4.80. The minimum Gasteiger partial charge on any atom is -0.490 e. The van der Waals surface area contributed by atoms with Gasteiger partial charge in [-0.2, -0.15) is 0 Å². The van der Waals surface area contributed by atoms with Crippen molar-refractivity contribution in [3.63, 3.8) is 0 Å². The highest BCUT2D eigenvalue weighted by Gasteiger charge is 2.15. The number of carbonyl (C=O) groups is 1. The number of hydrogen-bond donors (Lipinski definition) is 1. The predicted octanol–water partition coefficient (Wildman–Crippen LogP) is 4.27. The highest BCUT2D eigenvalue weighted by molar-refractivity contribution is 6.05. The first-order chi connectivity index (χ1) is 14.1. The van der Waals surface area contributed by atoms with E-state index in [9.17, 15) is 4.79 Å². The van der Waals surface area contributed by atoms with E-state index >= 15 is 0 Å². The smallest absolute Gasteiger partial charge is 0.255 e. The molecule has 0 atom stereocenters. The van der Waals surface area contributed by atoms with Crippen molar-refractivity contribution < 1.29 is 19.0 Å². The van der Waals surface area contributed by atoms with Crippen LogP contribution in [0.15, 0.2) is 36.4 Å². The number of anilines is 2. The molecule has 0 bridgehead atoms. The lowest BCUT2D eigenvalue weighted by molar-refractivity contribution is 0.102. The number of amides is 1. The van der Waals surface area contributed by atoms with Crippen molar-refractivity contribution in [2.45, 2.75) is 27.2 Å². The molecule has 1 aliphatic rings. The predicted molar refractivity (Wildman–Crippen MR) is 116 cm³/mol. The molecule has 3 rings (SSSR count). The van der Waals surface area contributed by atoms with Gasteiger partial charge in [-0.25, -0.2) is 0 Å². The number of carbonyl (C=O) groups excluding carboxylic acids is 1. The van der Waals surface area contributed by atoms with Crippen molar-refractivity contribution in [2.24, 2.45) is 0 Å². The number of aryl methyl sites for hydroxylation is 1. The van der Waals surface area contributed by atoms with Crippen LogP contribution in [0.5, 0.6) is 11.5 Å². The van der Waals surface area contributed by atoms with E-state index in [0.717, 1.165) is 49.7 Å². The maximum absolute atomic E-state index is 12.8. The van der Waals surface area contributed by atoms with Crippen LogP contribution >= 0.6 is 0 Å². The summed E-state index contributed by atoms with van der Waals surface area (Å²) in [5.74, 6) is 1.08. The van der Waals surface area contributed by atoms with Crippen LogP contribution < -0.4 is 19.7 Å². The molecule has 29 heavy (non-hydrogen) atoms. The van der Waals surface area contributed by atoms with Gasteiger partial charge in [-0.05, 0) is 62.2 Å². The fourth-order valence-corrected chi connectivity index (χ4v) is 3.25. The first-order valence-corrected chi connectivity index (χ1v) is 10.3. The van der Waals surface area contributed by atoms with Crippen LogP contribution in [-0.4, -0.2) is 45.4 Å². The lowest BCUT2D eigenvalue weighted by Gasteiger charge is -2.29. The van der Waals surface area contributed by atoms with Crippen molar-refractivity contribution in [1.82, 2.24) is 0 Å². The fraction of sp³-hybridized carbons (Fsp3) is 0.435. The molecule has 1 heterocycles. The highest BCUT2D eigenvalue weighted by Crippen LogP contribution is 2.30. The third-order valence-corrected chi connectivity index (χ3v) is 4.80. The molecule has 1 saturated heterocycles. The van der Waals surface area contributed by atoms with E-state index in [-0.39, 0.29) is 5.91 Å². The summed E-state index contributed by atoms with van der Waals surface area (Å²) in [6.45, 7) is 10.4. The molecule has 0 aliphatic carbocycles. The van der Waals surface area contributed by atoms with Gasteiger partial charge in [0.15, 0.2) is 11.5 Å². The van der Waals surface area contributed by atoms with Gasteiger partial charge in [0.25, 0.3) is 5.91 Å². The zero-order valence-electron chi connectivity index (χ0n) is 17.5. The quantitative estimate of drug-likeness (QED) is 0.720. The Morgan fingerprint density at radius 2 is 1.86 bits per heavy atom. The van der Waals surface area contributed by atoms with Crippen LogP contribution in [0.1, 0.15) is 36.2 Å². The molecule has 0 radical (unpaired) electrons. The zero-order chi connectivity index (χ0) is 20.6. The second kappa shape index (κ2) is 10.2. The summed E-state index contributed by atoms with van der Waals surface area (Å²) >= 11 is 0. The van der Waals surface area contributed by atoms with Crippen molar-refractivity contribution in [1.29, 1.82) is 0 Å². The van der Waals surface area contributed by atoms with Gasteiger partial charge in [-0.15, -0.1) is 0 Å². The summed E-state index contributed by atoms with van der Waals surface area (Å²) in [5, 5.41) is 3.01. The largest absolute Gasteiger partial charge is 0.490 e. The van der Waals surface area contributed by atoms with Crippen molar-refractivity contribution in [3.8, 4) is 11.5 Å². The number of rotatable bonds is 8. The Balaban J connectivity index is 1.73. The zero-order valence-corrected chi connectivity index (χ0v) is 17.5. The Labute approximate surface area is 172 Å². The minimum absolute atomic E-state index is 0.171. The number of hydrogen-bond acceptors (Lipinski definition) is 5. The Bertz CT molecular complexity index is 832. The van der Waals surface area contributed by atoms with Crippen LogP contribution in [0.2, 0.25) is 0 Å². The lowest BCUT2D eigenvalue weighted by Crippen LogP contribution is -2.36. The fourth-order valence-electron chi connectivity index (χ4n) is 3.25. The van der Waals surface area contributed by atoms with Crippen molar-refractivity contribution in [3.05, 3.63) is 47.5 Å².